The minimum Gasteiger partial charge on any atom is -0.489 e. The number of carbonyl (C=O) groups excluding carboxylic acids is 3. The molecule has 5 aromatic carbocycles. The van der Waals surface area contributed by atoms with Gasteiger partial charge in [0, 0.05) is 27.2 Å². The fraction of sp³-hybridized carbons (Fsp3) is 0.0286. The van der Waals surface area contributed by atoms with Crippen molar-refractivity contribution >= 4 is 47.3 Å². The lowest BCUT2D eigenvalue weighted by Crippen LogP contribution is -2.17. The van der Waals surface area contributed by atoms with Crippen LogP contribution in [0.3, 0.4) is 0 Å². The Bertz CT molecular complexity index is 1830. The molecule has 0 bridgehead atoms. The number of ether oxygens (including phenoxy) is 3. The molecule has 0 spiro atoms. The molecule has 0 saturated carbocycles. The van der Waals surface area contributed by atoms with Crippen LogP contribution in [0.15, 0.2) is 126 Å². The maximum absolute atomic E-state index is 12.9. The van der Waals surface area contributed by atoms with Gasteiger partial charge in [-0.3, -0.25) is 4.79 Å². The van der Waals surface area contributed by atoms with Gasteiger partial charge in [0.05, 0.1) is 17.3 Å². The van der Waals surface area contributed by atoms with Crippen molar-refractivity contribution in [3.05, 3.63) is 159 Å². The Morgan fingerprint density at radius 2 is 1.20 bits per heavy atom. The van der Waals surface area contributed by atoms with Crippen LogP contribution >= 0.6 is 23.2 Å². The Hall–Kier alpha value is -5.44. The van der Waals surface area contributed by atoms with Crippen LogP contribution in [0.1, 0.15) is 42.2 Å². The number of esters is 2. The van der Waals surface area contributed by atoms with Crippen LogP contribution in [0.4, 0.5) is 0 Å². The number of hydrogen-bond donors (Lipinski definition) is 1. The number of carbonyl (C=O) groups is 3. The second-order valence-corrected chi connectivity index (χ2v) is 10.4. The lowest BCUT2D eigenvalue weighted by Gasteiger charge is -2.11. The summed E-state index contributed by atoms with van der Waals surface area (Å²) in [7, 11) is 0. The molecule has 5 aromatic rings. The summed E-state index contributed by atoms with van der Waals surface area (Å²) in [4.78, 5) is 38.2. The molecule has 45 heavy (non-hydrogen) atoms. The van der Waals surface area contributed by atoms with E-state index in [1.54, 1.807) is 48.5 Å². The molecule has 8 nitrogen and oxygen atoms in total. The third-order valence-electron chi connectivity index (χ3n) is 6.29. The summed E-state index contributed by atoms with van der Waals surface area (Å²) in [6.45, 7) is 0.403. The molecule has 0 heterocycles. The standard InChI is InChI=1S/C35H24Cl2N2O6/c36-28-13-6-25(7-14-28)34(41)44-31-19-12-27(32(20-31)45-35(42)26-8-15-29(37)16-9-26)21-38-39-33(40)24-10-17-30(18-11-24)43-22-23-4-2-1-3-5-23/h1-21H,22H2,(H,39,40)/b38-21+. The van der Waals surface area contributed by atoms with Crippen LogP contribution in [0.2, 0.25) is 10.0 Å². The van der Waals surface area contributed by atoms with Crippen molar-refractivity contribution in [2.75, 3.05) is 0 Å². The summed E-state index contributed by atoms with van der Waals surface area (Å²) < 4.78 is 16.9. The van der Waals surface area contributed by atoms with Crippen LogP contribution in [0.25, 0.3) is 0 Å². The van der Waals surface area contributed by atoms with Gasteiger partial charge in [0.15, 0.2) is 0 Å². The summed E-state index contributed by atoms with van der Waals surface area (Å²) in [6, 6.07) is 33.1. The van der Waals surface area contributed by atoms with Crippen molar-refractivity contribution in [1.82, 2.24) is 5.43 Å². The second kappa shape index (κ2) is 14.8. The number of benzene rings is 5. The third kappa shape index (κ3) is 8.79. The zero-order valence-corrected chi connectivity index (χ0v) is 25.0. The van der Waals surface area contributed by atoms with E-state index in [2.05, 4.69) is 10.5 Å². The minimum atomic E-state index is -0.680. The fourth-order valence-electron chi connectivity index (χ4n) is 3.94. The summed E-state index contributed by atoms with van der Waals surface area (Å²) in [5.74, 6) is -1.01. The van der Waals surface area contributed by atoms with E-state index in [-0.39, 0.29) is 22.6 Å². The Kier molecular flexibility index (Phi) is 10.2. The predicted molar refractivity (Wildman–Crippen MR) is 172 cm³/mol. The van der Waals surface area contributed by atoms with E-state index in [0.29, 0.717) is 33.5 Å². The van der Waals surface area contributed by atoms with Crippen LogP contribution in [0.5, 0.6) is 17.2 Å². The van der Waals surface area contributed by atoms with E-state index >= 15 is 0 Å². The summed E-state index contributed by atoms with van der Waals surface area (Å²) in [5.41, 5.74) is 4.70. The van der Waals surface area contributed by atoms with Crippen molar-refractivity contribution in [2.24, 2.45) is 5.10 Å². The number of rotatable bonds is 10. The summed E-state index contributed by atoms with van der Waals surface area (Å²) in [5, 5.41) is 4.96. The zero-order valence-electron chi connectivity index (χ0n) is 23.5. The predicted octanol–water partition coefficient (Wildman–Crippen LogP) is 7.77. The summed E-state index contributed by atoms with van der Waals surface area (Å²) >= 11 is 11.8. The molecular formula is C35H24Cl2N2O6. The van der Waals surface area contributed by atoms with Gasteiger partial charge >= 0.3 is 11.9 Å². The highest BCUT2D eigenvalue weighted by Gasteiger charge is 2.15. The molecule has 0 aliphatic carbocycles. The molecule has 0 atom stereocenters. The molecule has 0 fully saturated rings. The monoisotopic (exact) mass is 638 g/mol. The van der Waals surface area contributed by atoms with E-state index in [0.717, 1.165) is 5.56 Å². The number of hydrazone groups is 1. The van der Waals surface area contributed by atoms with Crippen LogP contribution < -0.4 is 19.6 Å². The molecule has 0 aromatic heterocycles. The molecule has 5 rings (SSSR count). The van der Waals surface area contributed by atoms with Crippen LogP contribution in [-0.2, 0) is 6.61 Å². The van der Waals surface area contributed by atoms with E-state index in [1.807, 2.05) is 30.3 Å². The molecule has 1 amide bonds. The molecular weight excluding hydrogens is 615 g/mol. The topological polar surface area (TPSA) is 103 Å². The molecule has 0 unspecified atom stereocenters. The minimum absolute atomic E-state index is 0.0364. The average molecular weight is 639 g/mol. The normalized spacial score (nSPS) is 10.7. The maximum atomic E-state index is 12.9. The van der Waals surface area contributed by atoms with Crippen molar-refractivity contribution in [1.29, 1.82) is 0 Å². The molecule has 224 valence electrons. The van der Waals surface area contributed by atoms with Gasteiger partial charge in [-0.1, -0.05) is 53.5 Å². The van der Waals surface area contributed by atoms with E-state index < -0.39 is 17.8 Å². The Balaban J connectivity index is 1.28. The highest BCUT2D eigenvalue weighted by Crippen LogP contribution is 2.26. The zero-order chi connectivity index (χ0) is 31.6. The second-order valence-electron chi connectivity index (χ2n) is 9.49. The first-order chi connectivity index (χ1) is 21.8. The molecule has 0 aliphatic heterocycles. The van der Waals surface area contributed by atoms with Crippen molar-refractivity contribution in [3.63, 3.8) is 0 Å². The number of halogens is 2. The highest BCUT2D eigenvalue weighted by atomic mass is 35.5. The van der Waals surface area contributed by atoms with Crippen molar-refractivity contribution < 1.29 is 28.6 Å². The fourth-order valence-corrected chi connectivity index (χ4v) is 4.19. The SMILES string of the molecule is O=C(N/N=C/c1ccc(OC(=O)c2ccc(Cl)cc2)cc1OC(=O)c1ccc(Cl)cc1)c1ccc(OCc2ccccc2)cc1. The van der Waals surface area contributed by atoms with Gasteiger partial charge in [0.1, 0.15) is 23.9 Å². The Morgan fingerprint density at radius 3 is 1.82 bits per heavy atom. The molecule has 0 aliphatic rings. The first-order valence-corrected chi connectivity index (χ1v) is 14.3. The number of hydrogen-bond acceptors (Lipinski definition) is 7. The summed E-state index contributed by atoms with van der Waals surface area (Å²) in [6.07, 6.45) is 1.31. The van der Waals surface area contributed by atoms with Crippen LogP contribution in [-0.4, -0.2) is 24.1 Å². The molecule has 1 N–H and O–H groups in total. The van der Waals surface area contributed by atoms with Gasteiger partial charge in [-0.05, 0) is 90.5 Å². The molecule has 10 heteroatoms. The van der Waals surface area contributed by atoms with E-state index in [4.69, 9.17) is 37.4 Å². The highest BCUT2D eigenvalue weighted by molar-refractivity contribution is 6.31. The smallest absolute Gasteiger partial charge is 0.343 e. The van der Waals surface area contributed by atoms with E-state index in [9.17, 15) is 14.4 Å². The Morgan fingerprint density at radius 1 is 0.644 bits per heavy atom. The van der Waals surface area contributed by atoms with E-state index in [1.165, 1.54) is 48.7 Å². The lowest BCUT2D eigenvalue weighted by molar-refractivity contribution is 0.0732. The third-order valence-corrected chi connectivity index (χ3v) is 6.80. The number of nitrogens with one attached hydrogen (secondary N) is 1. The lowest BCUT2D eigenvalue weighted by atomic mass is 10.2. The maximum Gasteiger partial charge on any atom is 0.343 e. The first-order valence-electron chi connectivity index (χ1n) is 13.5. The van der Waals surface area contributed by atoms with Crippen molar-refractivity contribution in [2.45, 2.75) is 6.61 Å². The van der Waals surface area contributed by atoms with Gasteiger partial charge in [0.25, 0.3) is 5.91 Å². The molecule has 0 radical (unpaired) electrons. The Labute approximate surface area is 268 Å². The number of nitrogens with zero attached hydrogens (tertiary/aromatic N) is 1. The number of amides is 1. The average Bonchev–Trinajstić information content (AvgIpc) is 3.06. The van der Waals surface area contributed by atoms with Gasteiger partial charge in [-0.25, -0.2) is 15.0 Å². The van der Waals surface area contributed by atoms with Gasteiger partial charge in [-0.2, -0.15) is 5.10 Å². The quantitative estimate of drug-likeness (QED) is 0.0725. The van der Waals surface area contributed by atoms with Gasteiger partial charge in [0.2, 0.25) is 0 Å². The largest absolute Gasteiger partial charge is 0.489 e. The van der Waals surface area contributed by atoms with Gasteiger partial charge in [-0.15, -0.1) is 0 Å². The van der Waals surface area contributed by atoms with Gasteiger partial charge < -0.3 is 14.2 Å². The first kappa shape index (κ1) is 31.0. The van der Waals surface area contributed by atoms with Crippen LogP contribution in [0, 0.1) is 0 Å². The van der Waals surface area contributed by atoms with Crippen molar-refractivity contribution in [3.8, 4) is 17.2 Å². The molecule has 0 saturated heterocycles.